The van der Waals surface area contributed by atoms with Gasteiger partial charge in [-0.1, -0.05) is 0 Å². The first-order valence-corrected chi connectivity index (χ1v) is 8.52. The van der Waals surface area contributed by atoms with Gasteiger partial charge in [-0.25, -0.2) is 15.0 Å². The Morgan fingerprint density at radius 1 is 0.846 bits per heavy atom. The van der Waals surface area contributed by atoms with Gasteiger partial charge < -0.3 is 14.7 Å². The number of hydrogen-bond acceptors (Lipinski definition) is 8. The Labute approximate surface area is 152 Å². The average Bonchev–Trinajstić information content (AvgIpc) is 3.23. The number of hydrogen-bond donors (Lipinski definition) is 0. The zero-order valence-corrected chi connectivity index (χ0v) is 14.9. The Bertz CT molecular complexity index is 854. The fraction of sp³-hybridized carbons (Fsp3) is 0.353. The third kappa shape index (κ3) is 3.28. The molecule has 134 valence electrons. The third-order valence-electron chi connectivity index (χ3n) is 4.31. The van der Waals surface area contributed by atoms with E-state index in [-0.39, 0.29) is 0 Å². The average molecular weight is 351 g/mol. The summed E-state index contributed by atoms with van der Waals surface area (Å²) in [6, 6.07) is 3.84. The molecular formula is C17H21N9. The van der Waals surface area contributed by atoms with E-state index in [2.05, 4.69) is 34.7 Å². The summed E-state index contributed by atoms with van der Waals surface area (Å²) in [7, 11) is 3.89. The molecular weight excluding hydrogens is 330 g/mol. The van der Waals surface area contributed by atoms with E-state index in [9.17, 15) is 0 Å². The van der Waals surface area contributed by atoms with Crippen molar-refractivity contribution >= 4 is 17.7 Å². The van der Waals surface area contributed by atoms with Gasteiger partial charge in [0.15, 0.2) is 0 Å². The van der Waals surface area contributed by atoms with Crippen LogP contribution in [0.3, 0.4) is 0 Å². The lowest BCUT2D eigenvalue weighted by Crippen LogP contribution is -2.47. The molecule has 0 aliphatic carbocycles. The van der Waals surface area contributed by atoms with Crippen molar-refractivity contribution in [3.8, 4) is 5.82 Å². The van der Waals surface area contributed by atoms with Crippen LogP contribution in [0.5, 0.6) is 0 Å². The predicted molar refractivity (Wildman–Crippen MR) is 99.9 cm³/mol. The second-order valence-corrected chi connectivity index (χ2v) is 6.27. The molecule has 0 N–H and O–H groups in total. The van der Waals surface area contributed by atoms with Crippen LogP contribution < -0.4 is 14.7 Å². The summed E-state index contributed by atoms with van der Waals surface area (Å²) in [6.07, 6.45) is 8.95. The molecule has 9 heteroatoms. The number of rotatable bonds is 4. The van der Waals surface area contributed by atoms with Crippen LogP contribution in [0.15, 0.2) is 43.2 Å². The van der Waals surface area contributed by atoms with Crippen molar-refractivity contribution in [1.82, 2.24) is 29.5 Å². The fourth-order valence-corrected chi connectivity index (χ4v) is 2.90. The summed E-state index contributed by atoms with van der Waals surface area (Å²) in [5.74, 6) is 3.24. The fourth-order valence-electron chi connectivity index (χ4n) is 2.90. The lowest BCUT2D eigenvalue weighted by atomic mass is 10.3. The Morgan fingerprint density at radius 3 is 2.31 bits per heavy atom. The Balaban J connectivity index is 1.46. The molecule has 3 aromatic rings. The van der Waals surface area contributed by atoms with Gasteiger partial charge in [0.25, 0.3) is 0 Å². The van der Waals surface area contributed by atoms with Gasteiger partial charge in [-0.15, -0.1) is 0 Å². The van der Waals surface area contributed by atoms with Gasteiger partial charge in [0, 0.05) is 65.1 Å². The van der Waals surface area contributed by atoms with E-state index < -0.39 is 0 Å². The summed E-state index contributed by atoms with van der Waals surface area (Å²) >= 11 is 0. The maximum absolute atomic E-state index is 4.66. The zero-order valence-electron chi connectivity index (χ0n) is 14.9. The van der Waals surface area contributed by atoms with Crippen molar-refractivity contribution in [1.29, 1.82) is 0 Å². The monoisotopic (exact) mass is 351 g/mol. The van der Waals surface area contributed by atoms with Crippen molar-refractivity contribution in [2.24, 2.45) is 0 Å². The third-order valence-corrected chi connectivity index (χ3v) is 4.31. The first kappa shape index (κ1) is 16.2. The number of aromatic nitrogens is 6. The second kappa shape index (κ2) is 6.95. The largest absolute Gasteiger partial charge is 0.353 e. The van der Waals surface area contributed by atoms with E-state index >= 15 is 0 Å². The highest BCUT2D eigenvalue weighted by Crippen LogP contribution is 2.18. The van der Waals surface area contributed by atoms with Gasteiger partial charge in [-0.3, -0.25) is 4.57 Å². The van der Waals surface area contributed by atoms with Crippen LogP contribution in [0.1, 0.15) is 0 Å². The molecule has 0 spiro atoms. The molecule has 0 saturated carbocycles. The van der Waals surface area contributed by atoms with Crippen LogP contribution in [-0.2, 0) is 0 Å². The molecule has 0 radical (unpaired) electrons. The highest BCUT2D eigenvalue weighted by Gasteiger charge is 2.20. The van der Waals surface area contributed by atoms with Crippen LogP contribution in [-0.4, -0.2) is 69.8 Å². The molecule has 0 bridgehead atoms. The molecule has 26 heavy (non-hydrogen) atoms. The highest BCUT2D eigenvalue weighted by atomic mass is 15.3. The Morgan fingerprint density at radius 2 is 1.58 bits per heavy atom. The highest BCUT2D eigenvalue weighted by molar-refractivity contribution is 5.46. The number of piperazine rings is 1. The molecule has 3 aromatic heterocycles. The van der Waals surface area contributed by atoms with Crippen LogP contribution in [0.4, 0.5) is 17.7 Å². The first-order valence-electron chi connectivity index (χ1n) is 8.52. The molecule has 0 atom stereocenters. The van der Waals surface area contributed by atoms with Crippen molar-refractivity contribution < 1.29 is 0 Å². The maximum Gasteiger partial charge on any atom is 0.227 e. The van der Waals surface area contributed by atoms with E-state index in [4.69, 9.17) is 0 Å². The lowest BCUT2D eigenvalue weighted by molar-refractivity contribution is 0.633. The van der Waals surface area contributed by atoms with Crippen LogP contribution in [0.25, 0.3) is 5.82 Å². The minimum Gasteiger partial charge on any atom is -0.353 e. The van der Waals surface area contributed by atoms with Crippen molar-refractivity contribution in [2.45, 2.75) is 0 Å². The summed E-state index contributed by atoms with van der Waals surface area (Å²) < 4.78 is 1.88. The summed E-state index contributed by atoms with van der Waals surface area (Å²) in [6.45, 7) is 3.41. The molecule has 1 aliphatic heterocycles. The van der Waals surface area contributed by atoms with E-state index in [0.29, 0.717) is 0 Å². The maximum atomic E-state index is 4.66. The van der Waals surface area contributed by atoms with E-state index in [0.717, 1.165) is 49.7 Å². The van der Waals surface area contributed by atoms with E-state index in [1.807, 2.05) is 48.1 Å². The zero-order chi connectivity index (χ0) is 17.9. The number of imidazole rings is 1. The minimum atomic E-state index is 0.723. The molecule has 0 aromatic carbocycles. The van der Waals surface area contributed by atoms with Crippen LogP contribution >= 0.6 is 0 Å². The minimum absolute atomic E-state index is 0.723. The SMILES string of the molecule is CN(C)c1nccc(N2CCN(c3nccc(-n4ccnc4)n3)CC2)n1. The molecule has 1 saturated heterocycles. The van der Waals surface area contributed by atoms with Crippen LogP contribution in [0, 0.1) is 0 Å². The van der Waals surface area contributed by atoms with Crippen LogP contribution in [0.2, 0.25) is 0 Å². The predicted octanol–water partition coefficient (Wildman–Crippen LogP) is 0.845. The summed E-state index contributed by atoms with van der Waals surface area (Å²) in [5, 5.41) is 0. The standard InChI is InChI=1S/C17H21N9/c1-23(2)16-19-5-3-14(21-16)24-9-11-25(12-10-24)17-20-6-4-15(22-17)26-8-7-18-13-26/h3-8,13H,9-12H2,1-2H3. The summed E-state index contributed by atoms with van der Waals surface area (Å²) in [4.78, 5) is 28.5. The Kier molecular flexibility index (Phi) is 4.34. The second-order valence-electron chi connectivity index (χ2n) is 6.27. The molecule has 4 heterocycles. The molecule has 1 aliphatic rings. The van der Waals surface area contributed by atoms with E-state index in [1.54, 1.807) is 18.7 Å². The molecule has 4 rings (SSSR count). The van der Waals surface area contributed by atoms with Crippen molar-refractivity contribution in [3.63, 3.8) is 0 Å². The van der Waals surface area contributed by atoms with Gasteiger partial charge in [-0.05, 0) is 12.1 Å². The van der Waals surface area contributed by atoms with Crippen molar-refractivity contribution in [2.75, 3.05) is 55.0 Å². The van der Waals surface area contributed by atoms with Gasteiger partial charge >= 0.3 is 0 Å². The van der Waals surface area contributed by atoms with Gasteiger partial charge in [0.1, 0.15) is 18.0 Å². The summed E-state index contributed by atoms with van der Waals surface area (Å²) in [5.41, 5.74) is 0. The normalized spacial score (nSPS) is 14.5. The van der Waals surface area contributed by atoms with Gasteiger partial charge in [0.05, 0.1) is 0 Å². The molecule has 1 fully saturated rings. The Hall–Kier alpha value is -3.23. The first-order chi connectivity index (χ1) is 12.7. The van der Waals surface area contributed by atoms with Crippen molar-refractivity contribution in [3.05, 3.63) is 43.2 Å². The van der Waals surface area contributed by atoms with E-state index in [1.165, 1.54) is 0 Å². The molecule has 0 unspecified atom stereocenters. The molecule has 0 amide bonds. The lowest BCUT2D eigenvalue weighted by Gasteiger charge is -2.35. The topological polar surface area (TPSA) is 79.1 Å². The quantitative estimate of drug-likeness (QED) is 0.684. The van der Waals surface area contributed by atoms with Gasteiger partial charge in [-0.2, -0.15) is 9.97 Å². The smallest absolute Gasteiger partial charge is 0.227 e. The molecule has 9 nitrogen and oxygen atoms in total. The number of anilines is 3. The number of nitrogens with zero attached hydrogens (tertiary/aromatic N) is 9. The van der Waals surface area contributed by atoms with Gasteiger partial charge in [0.2, 0.25) is 11.9 Å².